The number of nitrogens with zero attached hydrogens (tertiary/aromatic N) is 7. The first kappa shape index (κ1) is 23.7. The summed E-state index contributed by atoms with van der Waals surface area (Å²) >= 11 is 0. The highest BCUT2D eigenvalue weighted by atomic mass is 19.4. The van der Waals surface area contributed by atoms with Gasteiger partial charge in [-0.3, -0.25) is 9.25 Å². The Hall–Kier alpha value is -3.64. The van der Waals surface area contributed by atoms with Crippen LogP contribution >= 0.6 is 0 Å². The molecule has 1 aliphatic carbocycles. The fourth-order valence-corrected chi connectivity index (χ4v) is 5.72. The van der Waals surface area contributed by atoms with E-state index in [1.165, 1.54) is 6.33 Å². The molecule has 2 bridgehead atoms. The second-order valence-corrected chi connectivity index (χ2v) is 9.64. The van der Waals surface area contributed by atoms with Crippen molar-refractivity contribution in [3.63, 3.8) is 0 Å². The predicted octanol–water partition coefficient (Wildman–Crippen LogP) is 5.63. The van der Waals surface area contributed by atoms with Crippen LogP contribution in [0.3, 0.4) is 0 Å². The van der Waals surface area contributed by atoms with E-state index in [0.29, 0.717) is 30.4 Å². The zero-order chi connectivity index (χ0) is 26.3. The van der Waals surface area contributed by atoms with Crippen LogP contribution < -0.4 is 4.90 Å². The Balaban J connectivity index is 1.47. The molecule has 37 heavy (non-hydrogen) atoms. The smallest absolute Gasteiger partial charge is 0.343 e. The van der Waals surface area contributed by atoms with Gasteiger partial charge in [0.2, 0.25) is 0 Å². The van der Waals surface area contributed by atoms with Gasteiger partial charge in [0.05, 0.1) is 22.8 Å². The van der Waals surface area contributed by atoms with Crippen molar-refractivity contribution in [2.45, 2.75) is 50.6 Å². The lowest BCUT2D eigenvalue weighted by atomic mass is 9.97. The van der Waals surface area contributed by atoms with E-state index in [1.807, 2.05) is 32.2 Å². The van der Waals surface area contributed by atoms with E-state index in [9.17, 15) is 26.3 Å². The summed E-state index contributed by atoms with van der Waals surface area (Å²) in [5.74, 6) is 0.0659. The molecule has 1 saturated carbocycles. The van der Waals surface area contributed by atoms with Crippen LogP contribution in [0.1, 0.15) is 48.1 Å². The third-order valence-corrected chi connectivity index (χ3v) is 7.51. The lowest BCUT2D eigenvalue weighted by Gasteiger charge is -2.36. The second-order valence-electron chi connectivity index (χ2n) is 9.64. The van der Waals surface area contributed by atoms with Gasteiger partial charge in [-0.2, -0.15) is 31.4 Å². The normalized spacial score (nSPS) is 21.9. The average Bonchev–Trinajstić information content (AvgIpc) is 3.61. The second kappa shape index (κ2) is 7.93. The molecule has 4 heterocycles. The molecule has 194 valence electrons. The third-order valence-electron chi connectivity index (χ3n) is 7.51. The summed E-state index contributed by atoms with van der Waals surface area (Å²) in [7, 11) is 1.84. The molecule has 13 heteroatoms. The maximum Gasteiger partial charge on any atom is 0.433 e. The van der Waals surface area contributed by atoms with Crippen molar-refractivity contribution in [1.29, 1.82) is 0 Å². The molecule has 0 spiro atoms. The summed E-state index contributed by atoms with van der Waals surface area (Å²) in [6.07, 6.45) is -6.44. The number of benzene rings is 1. The van der Waals surface area contributed by atoms with E-state index in [4.69, 9.17) is 0 Å². The number of rotatable bonds is 3. The quantitative estimate of drug-likeness (QED) is 0.327. The molecular weight excluding hydrogens is 500 g/mol. The minimum absolute atomic E-state index is 0.0144. The number of anilines is 1. The molecule has 0 N–H and O–H groups in total. The maximum atomic E-state index is 13.6. The van der Waals surface area contributed by atoms with Gasteiger partial charge in [-0.05, 0) is 62.4 Å². The first-order chi connectivity index (χ1) is 17.4. The molecule has 1 aromatic carbocycles. The van der Waals surface area contributed by atoms with Crippen LogP contribution in [-0.2, 0) is 19.4 Å². The first-order valence-corrected chi connectivity index (χ1v) is 11.7. The summed E-state index contributed by atoms with van der Waals surface area (Å²) in [5, 5.41) is 13.8. The van der Waals surface area contributed by atoms with Gasteiger partial charge in [0.15, 0.2) is 5.82 Å². The van der Waals surface area contributed by atoms with Crippen molar-refractivity contribution >= 4 is 16.7 Å². The summed E-state index contributed by atoms with van der Waals surface area (Å²) in [5.41, 5.74) is -0.529. The maximum absolute atomic E-state index is 13.6. The van der Waals surface area contributed by atoms with Crippen molar-refractivity contribution in [3.05, 3.63) is 59.4 Å². The molecular formula is C24H21F6N7. The molecule has 2 fully saturated rings. The van der Waals surface area contributed by atoms with E-state index < -0.39 is 29.7 Å². The Morgan fingerprint density at radius 3 is 2.49 bits per heavy atom. The van der Waals surface area contributed by atoms with Gasteiger partial charge >= 0.3 is 12.4 Å². The monoisotopic (exact) mass is 521 g/mol. The number of hydrogen-bond acceptors (Lipinski definition) is 5. The van der Waals surface area contributed by atoms with Crippen LogP contribution in [0.2, 0.25) is 0 Å². The molecule has 6 rings (SSSR count). The molecule has 0 radical (unpaired) electrons. The zero-order valence-electron chi connectivity index (χ0n) is 19.7. The van der Waals surface area contributed by atoms with Gasteiger partial charge in [-0.25, -0.2) is 4.98 Å². The Labute approximate surface area is 206 Å². The lowest BCUT2D eigenvalue weighted by Crippen LogP contribution is -2.37. The van der Waals surface area contributed by atoms with E-state index in [0.717, 1.165) is 23.0 Å². The Bertz CT molecular complexity index is 1470. The molecule has 3 atom stereocenters. The largest absolute Gasteiger partial charge is 0.433 e. The highest BCUT2D eigenvalue weighted by molar-refractivity contribution is 5.83. The molecule has 7 nitrogen and oxygen atoms in total. The van der Waals surface area contributed by atoms with Gasteiger partial charge in [-0.1, -0.05) is 0 Å². The molecule has 1 saturated heterocycles. The molecule has 0 amide bonds. The van der Waals surface area contributed by atoms with Gasteiger partial charge < -0.3 is 4.90 Å². The topological polar surface area (TPSA) is 64.7 Å². The Kier molecular flexibility index (Phi) is 5.09. The minimum Gasteiger partial charge on any atom is -0.343 e. The highest BCUT2D eigenvalue weighted by Crippen LogP contribution is 2.52. The highest BCUT2D eigenvalue weighted by Gasteiger charge is 2.50. The standard InChI is InChI=1S/C24H21F6N7/c1-12-17-6-5-15(10-18(17)34-35(12)2)36-11-31-33-22(36)21-13-3-4-16(7-13)37(21)20-9-14(23(25,26)27)8-19(32-20)24(28,29)30/h5-6,8-11,13,16,21H,3-4,7H2,1-2H3/t13-,16+,21-/m0/s1. The van der Waals surface area contributed by atoms with Crippen molar-refractivity contribution in [1.82, 2.24) is 29.5 Å². The van der Waals surface area contributed by atoms with Crippen LogP contribution in [-0.4, -0.2) is 35.6 Å². The lowest BCUT2D eigenvalue weighted by molar-refractivity contribution is -0.145. The fourth-order valence-electron chi connectivity index (χ4n) is 5.72. The van der Waals surface area contributed by atoms with Crippen LogP contribution in [0.15, 0.2) is 36.7 Å². The predicted molar refractivity (Wildman–Crippen MR) is 121 cm³/mol. The zero-order valence-corrected chi connectivity index (χ0v) is 19.7. The number of alkyl halides is 6. The van der Waals surface area contributed by atoms with Crippen LogP contribution in [0.25, 0.3) is 16.6 Å². The van der Waals surface area contributed by atoms with E-state index in [1.54, 1.807) is 14.1 Å². The number of fused-ring (bicyclic) bond motifs is 3. The fraction of sp³-hybridized carbons (Fsp3) is 0.417. The number of halogens is 6. The van der Waals surface area contributed by atoms with Crippen molar-refractivity contribution in [3.8, 4) is 5.69 Å². The van der Waals surface area contributed by atoms with Crippen LogP contribution in [0.4, 0.5) is 32.2 Å². The number of hydrogen-bond donors (Lipinski definition) is 0. The van der Waals surface area contributed by atoms with Crippen molar-refractivity contribution in [2.75, 3.05) is 4.90 Å². The first-order valence-electron chi connectivity index (χ1n) is 11.7. The third kappa shape index (κ3) is 3.82. The van der Waals surface area contributed by atoms with Crippen molar-refractivity contribution in [2.24, 2.45) is 13.0 Å². The SMILES string of the molecule is Cc1c2ccc(-n3cnnc3[C@@H]3[C@H]4CC[C@H](C4)N3c3cc(C(F)(F)F)cc(C(F)(F)F)n3)cc2nn1C. The Morgan fingerprint density at radius 1 is 0.973 bits per heavy atom. The molecule has 2 aliphatic rings. The number of aromatic nitrogens is 6. The molecule has 1 aliphatic heterocycles. The molecule has 4 aromatic rings. The van der Waals surface area contributed by atoms with E-state index >= 15 is 0 Å². The number of pyridine rings is 1. The Morgan fingerprint density at radius 2 is 1.76 bits per heavy atom. The summed E-state index contributed by atoms with van der Waals surface area (Å²) in [6, 6.07) is 5.56. The van der Waals surface area contributed by atoms with E-state index in [2.05, 4.69) is 20.3 Å². The summed E-state index contributed by atoms with van der Waals surface area (Å²) < 4.78 is 84.8. The average molecular weight is 521 g/mol. The summed E-state index contributed by atoms with van der Waals surface area (Å²) in [4.78, 5) is 5.24. The summed E-state index contributed by atoms with van der Waals surface area (Å²) in [6.45, 7) is 1.95. The van der Waals surface area contributed by atoms with Crippen LogP contribution in [0.5, 0.6) is 0 Å². The van der Waals surface area contributed by atoms with Gasteiger partial charge in [0, 0.05) is 24.2 Å². The van der Waals surface area contributed by atoms with Crippen LogP contribution in [0, 0.1) is 12.8 Å². The van der Waals surface area contributed by atoms with Gasteiger partial charge in [-0.15, -0.1) is 10.2 Å². The van der Waals surface area contributed by atoms with E-state index in [-0.39, 0.29) is 23.8 Å². The van der Waals surface area contributed by atoms with Gasteiger partial charge in [0.25, 0.3) is 0 Å². The molecule has 0 unspecified atom stereocenters. The number of piperidine rings is 1. The molecule has 3 aromatic heterocycles. The number of aryl methyl sites for hydroxylation is 2. The van der Waals surface area contributed by atoms with Gasteiger partial charge in [0.1, 0.15) is 17.8 Å². The minimum atomic E-state index is -5.03. The van der Waals surface area contributed by atoms with Crippen molar-refractivity contribution < 1.29 is 26.3 Å².